The van der Waals surface area contributed by atoms with Crippen molar-refractivity contribution in [2.75, 3.05) is 47.6 Å². The van der Waals surface area contributed by atoms with E-state index in [2.05, 4.69) is 21.5 Å². The summed E-state index contributed by atoms with van der Waals surface area (Å²) < 4.78 is 21.7. The van der Waals surface area contributed by atoms with E-state index in [-0.39, 0.29) is 30.1 Å². The van der Waals surface area contributed by atoms with E-state index >= 15 is 0 Å². The molecule has 3 aliphatic rings. The van der Waals surface area contributed by atoms with Gasteiger partial charge in [0.2, 0.25) is 0 Å². The number of imide groups is 1. The van der Waals surface area contributed by atoms with E-state index in [1.165, 1.54) is 16.8 Å². The first-order valence-corrected chi connectivity index (χ1v) is 12.1. The zero-order valence-electron chi connectivity index (χ0n) is 22.7. The molecule has 202 valence electrons. The van der Waals surface area contributed by atoms with Gasteiger partial charge in [-0.15, -0.1) is 0 Å². The number of carbonyl (C=O) groups excluding carboxylic acids is 2. The number of rotatable bonds is 2. The summed E-state index contributed by atoms with van der Waals surface area (Å²) in [6, 6.07) is -0.716. The van der Waals surface area contributed by atoms with Crippen molar-refractivity contribution in [1.29, 1.82) is 0 Å². The normalized spacial score (nSPS) is 26.3. The summed E-state index contributed by atoms with van der Waals surface area (Å²) >= 11 is 0. The van der Waals surface area contributed by atoms with Gasteiger partial charge in [-0.05, 0) is 20.8 Å². The van der Waals surface area contributed by atoms with Gasteiger partial charge in [0.15, 0.2) is 12.6 Å². The lowest BCUT2D eigenvalue weighted by Gasteiger charge is -2.42. The lowest BCUT2D eigenvalue weighted by atomic mass is 9.91. The van der Waals surface area contributed by atoms with E-state index in [4.69, 9.17) is 18.9 Å². The van der Waals surface area contributed by atoms with Crippen molar-refractivity contribution in [2.45, 2.75) is 60.0 Å². The van der Waals surface area contributed by atoms with Crippen LogP contribution < -0.4 is 0 Å². The van der Waals surface area contributed by atoms with Crippen molar-refractivity contribution in [3.63, 3.8) is 0 Å². The van der Waals surface area contributed by atoms with Gasteiger partial charge in [0, 0.05) is 34.0 Å². The zero-order chi connectivity index (χ0) is 27.0. The van der Waals surface area contributed by atoms with Crippen LogP contribution in [-0.4, -0.2) is 102 Å². The van der Waals surface area contributed by atoms with Crippen molar-refractivity contribution < 1.29 is 28.5 Å². The number of carbonyl (C=O) groups is 2. The van der Waals surface area contributed by atoms with Gasteiger partial charge < -0.3 is 18.9 Å². The second kappa shape index (κ2) is 13.0. The third-order valence-electron chi connectivity index (χ3n) is 5.89. The van der Waals surface area contributed by atoms with E-state index in [1.54, 1.807) is 14.1 Å². The third-order valence-corrected chi connectivity index (χ3v) is 5.89. The maximum Gasteiger partial charge on any atom is 0.333 e. The highest BCUT2D eigenvalue weighted by atomic mass is 16.7. The number of nitrogens with zero attached hydrogens (tertiary/aromatic N) is 6. The standard InChI is InChI=1S/C9H16O4.C8H13N3.C7H11N3O2/c1-7-10-3-9(4-11-7)5-12-8(2)13-6-9;1-4-7-9-6(3)10-8(5-2)11-7;1-5-8(2)6(11)10(4)7(12)9(5)3/h7-8H,3-6H2,1-2H3;4-5H2,1-3H3;1H2,2-4H3. The van der Waals surface area contributed by atoms with Crippen LogP contribution >= 0.6 is 0 Å². The average Bonchev–Trinajstić information content (AvgIpc) is 2.89. The Kier molecular flexibility index (Phi) is 10.7. The summed E-state index contributed by atoms with van der Waals surface area (Å²) in [7, 11) is 4.58. The molecule has 12 heteroatoms. The molecule has 1 spiro atoms. The van der Waals surface area contributed by atoms with Crippen LogP contribution in [0.2, 0.25) is 0 Å². The summed E-state index contributed by atoms with van der Waals surface area (Å²) in [6.07, 6.45) is 1.59. The molecule has 4 heterocycles. The Hall–Kier alpha value is -2.67. The minimum absolute atomic E-state index is 0.0704. The molecular formula is C24H40N6O6. The highest BCUT2D eigenvalue weighted by Crippen LogP contribution is 2.29. The molecule has 36 heavy (non-hydrogen) atoms. The quantitative estimate of drug-likeness (QED) is 0.593. The molecular weight excluding hydrogens is 468 g/mol. The van der Waals surface area contributed by atoms with E-state index in [9.17, 15) is 9.59 Å². The zero-order valence-corrected chi connectivity index (χ0v) is 22.7. The molecule has 0 saturated carbocycles. The van der Waals surface area contributed by atoms with Crippen LogP contribution in [0.1, 0.15) is 45.2 Å². The fourth-order valence-electron chi connectivity index (χ4n) is 3.41. The first kappa shape index (κ1) is 29.6. The number of urea groups is 2. The van der Waals surface area contributed by atoms with E-state index in [1.807, 2.05) is 34.6 Å². The molecule has 0 bridgehead atoms. The van der Waals surface area contributed by atoms with Crippen LogP contribution in [0.4, 0.5) is 9.59 Å². The smallest absolute Gasteiger partial charge is 0.333 e. The number of aryl methyl sites for hydroxylation is 3. The van der Waals surface area contributed by atoms with Gasteiger partial charge in [-0.1, -0.05) is 20.4 Å². The van der Waals surface area contributed by atoms with Crippen molar-refractivity contribution >= 4 is 12.1 Å². The number of ether oxygens (including phenoxy) is 4. The highest BCUT2D eigenvalue weighted by molar-refractivity contribution is 5.97. The van der Waals surface area contributed by atoms with Crippen LogP contribution in [-0.2, 0) is 31.8 Å². The van der Waals surface area contributed by atoms with Crippen molar-refractivity contribution in [2.24, 2.45) is 5.41 Å². The predicted octanol–water partition coefficient (Wildman–Crippen LogP) is 2.57. The van der Waals surface area contributed by atoms with Gasteiger partial charge in [0.05, 0.1) is 31.8 Å². The second-order valence-electron chi connectivity index (χ2n) is 8.96. The van der Waals surface area contributed by atoms with Crippen molar-refractivity contribution in [3.8, 4) is 0 Å². The Morgan fingerprint density at radius 3 is 1.47 bits per heavy atom. The Bertz CT molecular complexity index is 806. The summed E-state index contributed by atoms with van der Waals surface area (Å²) in [5.74, 6) is 3.01. The van der Waals surface area contributed by atoms with Gasteiger partial charge in [0.25, 0.3) is 0 Å². The molecule has 3 saturated heterocycles. The molecule has 3 fully saturated rings. The van der Waals surface area contributed by atoms with Crippen LogP contribution in [0.25, 0.3) is 0 Å². The second-order valence-corrected chi connectivity index (χ2v) is 8.96. The number of hydrogen-bond acceptors (Lipinski definition) is 9. The third kappa shape index (κ3) is 7.66. The van der Waals surface area contributed by atoms with E-state index < -0.39 is 0 Å². The lowest BCUT2D eigenvalue weighted by molar-refractivity contribution is -0.294. The Balaban J connectivity index is 0.000000191. The van der Waals surface area contributed by atoms with Gasteiger partial charge in [0.1, 0.15) is 23.3 Å². The van der Waals surface area contributed by atoms with Gasteiger partial charge in [-0.2, -0.15) is 0 Å². The molecule has 0 radical (unpaired) electrons. The molecule has 12 nitrogen and oxygen atoms in total. The van der Waals surface area contributed by atoms with Gasteiger partial charge in [-0.3, -0.25) is 9.80 Å². The SMILES string of the molecule is C=C1N(C)C(=O)N(C)C(=O)N1C.CC1OCC2(CO1)COC(C)OC2.CCc1nc(C)nc(CC)n1. The summed E-state index contributed by atoms with van der Waals surface area (Å²) in [5.41, 5.74) is -0.0704. The van der Waals surface area contributed by atoms with E-state index in [0.717, 1.165) is 35.2 Å². The maximum absolute atomic E-state index is 11.2. The Morgan fingerprint density at radius 2 is 1.14 bits per heavy atom. The topological polar surface area (TPSA) is 119 Å². The maximum atomic E-state index is 11.2. The molecule has 1 aromatic rings. The summed E-state index contributed by atoms with van der Waals surface area (Å²) in [6.45, 7) is 16.1. The Morgan fingerprint density at radius 1 is 0.778 bits per heavy atom. The lowest BCUT2D eigenvalue weighted by Crippen LogP contribution is -2.55. The van der Waals surface area contributed by atoms with Gasteiger partial charge in [-0.25, -0.2) is 29.4 Å². The predicted molar refractivity (Wildman–Crippen MR) is 132 cm³/mol. The molecule has 0 N–H and O–H groups in total. The van der Waals surface area contributed by atoms with Crippen LogP contribution in [0, 0.1) is 12.3 Å². The molecule has 1 aromatic heterocycles. The first-order chi connectivity index (χ1) is 16.9. The molecule has 3 aliphatic heterocycles. The van der Waals surface area contributed by atoms with Crippen LogP contribution in [0.3, 0.4) is 0 Å². The van der Waals surface area contributed by atoms with Crippen molar-refractivity contribution in [1.82, 2.24) is 29.7 Å². The molecule has 0 unspecified atom stereocenters. The summed E-state index contributed by atoms with van der Waals surface area (Å²) in [5, 5.41) is 0. The molecule has 4 amide bonds. The monoisotopic (exact) mass is 508 g/mol. The fraction of sp³-hybridized carbons (Fsp3) is 0.708. The van der Waals surface area contributed by atoms with Crippen LogP contribution in [0.5, 0.6) is 0 Å². The fourth-order valence-corrected chi connectivity index (χ4v) is 3.41. The molecule has 0 aromatic carbocycles. The van der Waals surface area contributed by atoms with E-state index in [0.29, 0.717) is 32.2 Å². The average molecular weight is 509 g/mol. The molecule has 0 aliphatic carbocycles. The molecule has 4 rings (SSSR count). The first-order valence-electron chi connectivity index (χ1n) is 12.1. The largest absolute Gasteiger partial charge is 0.352 e. The number of hydrogen-bond donors (Lipinski definition) is 0. The number of aromatic nitrogens is 3. The molecule has 0 atom stereocenters. The van der Waals surface area contributed by atoms with Gasteiger partial charge >= 0.3 is 12.1 Å². The minimum atomic E-state index is -0.358. The summed E-state index contributed by atoms with van der Waals surface area (Å²) in [4.78, 5) is 38.8. The highest BCUT2D eigenvalue weighted by Gasteiger charge is 2.40. The Labute approximate surface area is 213 Å². The van der Waals surface area contributed by atoms with Crippen LogP contribution in [0.15, 0.2) is 12.4 Å². The van der Waals surface area contributed by atoms with Crippen molar-refractivity contribution in [3.05, 3.63) is 29.9 Å². The number of amides is 4. The minimum Gasteiger partial charge on any atom is -0.352 e.